The zero-order valence-corrected chi connectivity index (χ0v) is 9.70. The summed E-state index contributed by atoms with van der Waals surface area (Å²) >= 11 is 0. The first-order valence-electron chi connectivity index (χ1n) is 2.82. The van der Waals surface area contributed by atoms with Crippen LogP contribution in [0.25, 0.3) is 0 Å². The smallest absolute Gasteiger partial charge is 1.00 e. The fraction of sp³-hybridized carbons (Fsp3) is 0.250. The largest absolute Gasteiger partial charge is 2.00 e. The standard InChI is InChI=1S/C8H10.2ClH.Mg/c1-7-4-3-5-8(2)6-7;;;/h3-6H,1-2H3;2*1H;/q;;;+2/p-2. The summed E-state index contributed by atoms with van der Waals surface area (Å²) in [5.74, 6) is 0. The van der Waals surface area contributed by atoms with E-state index in [1.54, 1.807) is 0 Å². The van der Waals surface area contributed by atoms with Gasteiger partial charge in [0, 0.05) is 0 Å². The molecule has 3 heteroatoms. The Morgan fingerprint density at radius 2 is 1.27 bits per heavy atom. The van der Waals surface area contributed by atoms with Crippen LogP contribution in [0.3, 0.4) is 0 Å². The summed E-state index contributed by atoms with van der Waals surface area (Å²) in [6, 6.07) is 8.45. The molecule has 0 nitrogen and oxygen atoms in total. The number of rotatable bonds is 0. The summed E-state index contributed by atoms with van der Waals surface area (Å²) in [5.41, 5.74) is 2.68. The van der Waals surface area contributed by atoms with Crippen LogP contribution < -0.4 is 24.8 Å². The molecule has 1 rings (SSSR count). The topological polar surface area (TPSA) is 0 Å². The molecule has 1 aromatic carbocycles. The van der Waals surface area contributed by atoms with Crippen molar-refractivity contribution >= 4 is 23.1 Å². The van der Waals surface area contributed by atoms with Crippen LogP contribution in [0.2, 0.25) is 0 Å². The molecule has 0 atom stereocenters. The Morgan fingerprint density at radius 1 is 0.909 bits per heavy atom. The maximum atomic E-state index is 2.17. The molecule has 0 bridgehead atoms. The van der Waals surface area contributed by atoms with Crippen molar-refractivity contribution in [3.05, 3.63) is 35.4 Å². The first-order valence-corrected chi connectivity index (χ1v) is 2.82. The van der Waals surface area contributed by atoms with Crippen LogP contribution in [0.15, 0.2) is 24.3 Å². The Kier molecular flexibility index (Phi) is 13.9. The quantitative estimate of drug-likeness (QED) is 0.375. The Hall–Kier alpha value is 0.566. The molecule has 11 heavy (non-hydrogen) atoms. The zero-order valence-electron chi connectivity index (χ0n) is 6.77. The fourth-order valence-corrected chi connectivity index (χ4v) is 0.807. The van der Waals surface area contributed by atoms with Crippen LogP contribution in [0.4, 0.5) is 0 Å². The van der Waals surface area contributed by atoms with Crippen LogP contribution in [0.5, 0.6) is 0 Å². The molecule has 0 aromatic heterocycles. The summed E-state index contributed by atoms with van der Waals surface area (Å²) in [4.78, 5) is 0. The molecule has 0 radical (unpaired) electrons. The molecular formula is C8H10Cl2Mg. The van der Waals surface area contributed by atoms with Crippen molar-refractivity contribution in [2.45, 2.75) is 13.8 Å². The minimum Gasteiger partial charge on any atom is -1.00 e. The van der Waals surface area contributed by atoms with E-state index < -0.39 is 0 Å². The molecule has 0 saturated carbocycles. The second-order valence-corrected chi connectivity index (χ2v) is 2.16. The van der Waals surface area contributed by atoms with E-state index >= 15 is 0 Å². The van der Waals surface area contributed by atoms with Gasteiger partial charge in [-0.15, -0.1) is 0 Å². The van der Waals surface area contributed by atoms with Crippen molar-refractivity contribution in [3.63, 3.8) is 0 Å². The number of benzene rings is 1. The van der Waals surface area contributed by atoms with Gasteiger partial charge in [0.1, 0.15) is 0 Å². The second-order valence-electron chi connectivity index (χ2n) is 2.16. The molecule has 0 fully saturated rings. The average molecular weight is 201 g/mol. The number of hydrogen-bond acceptors (Lipinski definition) is 0. The minimum absolute atomic E-state index is 0. The van der Waals surface area contributed by atoms with Crippen LogP contribution in [0, 0.1) is 13.8 Å². The molecule has 0 aliphatic carbocycles. The first kappa shape index (κ1) is 17.6. The molecule has 0 unspecified atom stereocenters. The minimum atomic E-state index is 0. The van der Waals surface area contributed by atoms with E-state index in [0.717, 1.165) is 0 Å². The fourth-order valence-electron chi connectivity index (χ4n) is 0.807. The van der Waals surface area contributed by atoms with Gasteiger partial charge in [0.05, 0.1) is 0 Å². The van der Waals surface area contributed by atoms with Gasteiger partial charge >= 0.3 is 23.1 Å². The molecule has 0 spiro atoms. The van der Waals surface area contributed by atoms with E-state index in [1.165, 1.54) is 11.1 Å². The van der Waals surface area contributed by atoms with Crippen molar-refractivity contribution in [1.82, 2.24) is 0 Å². The average Bonchev–Trinajstić information content (AvgIpc) is 1.64. The van der Waals surface area contributed by atoms with Gasteiger partial charge in [-0.05, 0) is 13.8 Å². The van der Waals surface area contributed by atoms with Crippen LogP contribution in [0.1, 0.15) is 11.1 Å². The van der Waals surface area contributed by atoms with E-state index in [9.17, 15) is 0 Å². The van der Waals surface area contributed by atoms with Crippen LogP contribution in [-0.2, 0) is 0 Å². The van der Waals surface area contributed by atoms with Gasteiger partial charge in [0.2, 0.25) is 0 Å². The predicted molar refractivity (Wildman–Crippen MR) is 41.7 cm³/mol. The second kappa shape index (κ2) is 8.66. The van der Waals surface area contributed by atoms with E-state index in [-0.39, 0.29) is 47.9 Å². The third-order valence-corrected chi connectivity index (χ3v) is 1.17. The molecule has 0 saturated heterocycles. The Morgan fingerprint density at radius 3 is 1.45 bits per heavy atom. The Bertz CT molecular complexity index is 172. The van der Waals surface area contributed by atoms with Crippen molar-refractivity contribution in [2.24, 2.45) is 0 Å². The van der Waals surface area contributed by atoms with Crippen molar-refractivity contribution < 1.29 is 24.8 Å². The third kappa shape index (κ3) is 6.94. The molecule has 0 N–H and O–H groups in total. The summed E-state index contributed by atoms with van der Waals surface area (Å²) in [5, 5.41) is 0. The molecule has 0 aliphatic heterocycles. The van der Waals surface area contributed by atoms with E-state index in [2.05, 4.69) is 38.1 Å². The third-order valence-electron chi connectivity index (χ3n) is 1.17. The molecule has 58 valence electrons. The van der Waals surface area contributed by atoms with Gasteiger partial charge in [-0.1, -0.05) is 35.4 Å². The van der Waals surface area contributed by atoms with Gasteiger partial charge in [-0.25, -0.2) is 0 Å². The monoisotopic (exact) mass is 200 g/mol. The molecule has 0 amide bonds. The molecule has 0 heterocycles. The molecular weight excluding hydrogens is 191 g/mol. The summed E-state index contributed by atoms with van der Waals surface area (Å²) in [6.07, 6.45) is 0. The van der Waals surface area contributed by atoms with Crippen molar-refractivity contribution in [1.29, 1.82) is 0 Å². The summed E-state index contributed by atoms with van der Waals surface area (Å²) in [6.45, 7) is 4.21. The van der Waals surface area contributed by atoms with Gasteiger partial charge in [-0.3, -0.25) is 0 Å². The predicted octanol–water partition coefficient (Wildman–Crippen LogP) is -4.07. The zero-order chi connectivity index (χ0) is 5.98. The van der Waals surface area contributed by atoms with Gasteiger partial charge in [0.25, 0.3) is 0 Å². The van der Waals surface area contributed by atoms with Gasteiger partial charge < -0.3 is 24.8 Å². The van der Waals surface area contributed by atoms with E-state index in [4.69, 9.17) is 0 Å². The number of aryl methyl sites for hydroxylation is 2. The van der Waals surface area contributed by atoms with Crippen LogP contribution >= 0.6 is 0 Å². The van der Waals surface area contributed by atoms with Gasteiger partial charge in [0.15, 0.2) is 0 Å². The normalized spacial score (nSPS) is 6.73. The maximum Gasteiger partial charge on any atom is 2.00 e. The Balaban J connectivity index is -0.000000213. The Labute approximate surface area is 96.7 Å². The number of hydrogen-bond donors (Lipinski definition) is 0. The van der Waals surface area contributed by atoms with Crippen molar-refractivity contribution in [3.8, 4) is 0 Å². The summed E-state index contributed by atoms with van der Waals surface area (Å²) < 4.78 is 0. The van der Waals surface area contributed by atoms with Gasteiger partial charge in [-0.2, -0.15) is 0 Å². The van der Waals surface area contributed by atoms with E-state index in [0.29, 0.717) is 0 Å². The van der Waals surface area contributed by atoms with Crippen molar-refractivity contribution in [2.75, 3.05) is 0 Å². The van der Waals surface area contributed by atoms with E-state index in [1.807, 2.05) is 0 Å². The molecule has 0 aliphatic rings. The first-order chi connectivity index (χ1) is 3.79. The SMILES string of the molecule is Cc1cccc(C)c1.[Cl-].[Cl-].[Mg+2]. The molecule has 1 aromatic rings. The number of halogens is 2. The maximum absolute atomic E-state index is 2.17. The summed E-state index contributed by atoms with van der Waals surface area (Å²) in [7, 11) is 0. The van der Waals surface area contributed by atoms with Crippen LogP contribution in [-0.4, -0.2) is 23.1 Å².